The summed E-state index contributed by atoms with van der Waals surface area (Å²) in [5, 5.41) is 0. The van der Waals surface area contributed by atoms with Crippen molar-refractivity contribution in [3.63, 3.8) is 0 Å². The number of rotatable bonds is 5. The van der Waals surface area contributed by atoms with Gasteiger partial charge >= 0.3 is 0 Å². The largest absolute Gasteiger partial charge is 0.490 e. The number of carbonyl (C=O) groups excluding carboxylic acids is 1. The van der Waals surface area contributed by atoms with Crippen LogP contribution in [0.5, 0.6) is 11.5 Å². The van der Waals surface area contributed by atoms with Crippen LogP contribution >= 0.6 is 0 Å². The lowest BCUT2D eigenvalue weighted by Gasteiger charge is -2.42. The molecule has 5 heteroatoms. The summed E-state index contributed by atoms with van der Waals surface area (Å²) in [6, 6.07) is 5.36. The predicted octanol–water partition coefficient (Wildman–Crippen LogP) is 2.74. The molecule has 1 aromatic rings. The lowest BCUT2D eigenvalue weighted by atomic mass is 10.0. The van der Waals surface area contributed by atoms with Crippen molar-refractivity contribution < 1.29 is 19.0 Å². The maximum atomic E-state index is 12.8. The van der Waals surface area contributed by atoms with Gasteiger partial charge in [0.05, 0.1) is 32.0 Å². The molecule has 1 aliphatic rings. The van der Waals surface area contributed by atoms with Gasteiger partial charge in [0.2, 0.25) is 0 Å². The van der Waals surface area contributed by atoms with E-state index in [9.17, 15) is 4.79 Å². The third-order valence-corrected chi connectivity index (χ3v) is 3.68. The lowest BCUT2D eigenvalue weighted by Crippen LogP contribution is -2.55. The summed E-state index contributed by atoms with van der Waals surface area (Å²) >= 11 is 0. The molecular weight excluding hydrogens is 282 g/mol. The Bertz CT molecular complexity index is 527. The average Bonchev–Trinajstić information content (AvgIpc) is 2.48. The van der Waals surface area contributed by atoms with Gasteiger partial charge < -0.3 is 19.1 Å². The summed E-state index contributed by atoms with van der Waals surface area (Å²) in [5.74, 6) is 1.28. The Balaban J connectivity index is 2.27. The number of amides is 1. The van der Waals surface area contributed by atoms with E-state index in [-0.39, 0.29) is 11.4 Å². The highest BCUT2D eigenvalue weighted by Crippen LogP contribution is 2.30. The van der Waals surface area contributed by atoms with E-state index in [2.05, 4.69) is 0 Å². The van der Waals surface area contributed by atoms with E-state index in [1.54, 1.807) is 18.2 Å². The van der Waals surface area contributed by atoms with Crippen LogP contribution < -0.4 is 9.47 Å². The van der Waals surface area contributed by atoms with Gasteiger partial charge in [0, 0.05) is 12.1 Å². The highest BCUT2D eigenvalue weighted by atomic mass is 16.5. The molecule has 1 saturated heterocycles. The van der Waals surface area contributed by atoms with Crippen molar-refractivity contribution >= 4 is 5.91 Å². The van der Waals surface area contributed by atoms with E-state index >= 15 is 0 Å². The first-order valence-electron chi connectivity index (χ1n) is 7.79. The maximum absolute atomic E-state index is 12.8. The van der Waals surface area contributed by atoms with Crippen molar-refractivity contribution in [2.45, 2.75) is 33.2 Å². The van der Waals surface area contributed by atoms with Crippen molar-refractivity contribution in [2.24, 2.45) is 0 Å². The Morgan fingerprint density at radius 2 is 1.91 bits per heavy atom. The Hall–Kier alpha value is -1.75. The van der Waals surface area contributed by atoms with E-state index in [1.807, 2.05) is 32.6 Å². The van der Waals surface area contributed by atoms with Gasteiger partial charge in [0.15, 0.2) is 11.5 Å². The van der Waals surface area contributed by atoms with Gasteiger partial charge in [0.1, 0.15) is 0 Å². The third kappa shape index (κ3) is 3.53. The summed E-state index contributed by atoms with van der Waals surface area (Å²) in [4.78, 5) is 14.7. The fourth-order valence-electron chi connectivity index (χ4n) is 2.57. The highest BCUT2D eigenvalue weighted by molar-refractivity contribution is 5.95. The van der Waals surface area contributed by atoms with Gasteiger partial charge in [-0.05, 0) is 45.9 Å². The van der Waals surface area contributed by atoms with Crippen molar-refractivity contribution in [1.29, 1.82) is 0 Å². The van der Waals surface area contributed by atoms with Crippen molar-refractivity contribution in [3.05, 3.63) is 23.8 Å². The zero-order chi connectivity index (χ0) is 16.2. The zero-order valence-corrected chi connectivity index (χ0v) is 13.8. The number of morpholine rings is 1. The second-order valence-electron chi connectivity index (χ2n) is 5.85. The van der Waals surface area contributed by atoms with Crippen molar-refractivity contribution in [1.82, 2.24) is 4.90 Å². The molecule has 0 aliphatic carbocycles. The Morgan fingerprint density at radius 3 is 2.55 bits per heavy atom. The van der Waals surface area contributed by atoms with Gasteiger partial charge in [-0.15, -0.1) is 0 Å². The topological polar surface area (TPSA) is 48.0 Å². The van der Waals surface area contributed by atoms with Crippen LogP contribution in [0.1, 0.15) is 38.1 Å². The van der Waals surface area contributed by atoms with Gasteiger partial charge in [0.25, 0.3) is 5.91 Å². The molecule has 0 N–H and O–H groups in total. The molecule has 0 bridgehead atoms. The molecule has 1 heterocycles. The molecule has 0 spiro atoms. The van der Waals surface area contributed by atoms with E-state index in [0.717, 1.165) is 0 Å². The minimum Gasteiger partial charge on any atom is -0.490 e. The van der Waals surface area contributed by atoms with Gasteiger partial charge in [-0.1, -0.05) is 0 Å². The first-order valence-corrected chi connectivity index (χ1v) is 7.79. The number of benzene rings is 1. The summed E-state index contributed by atoms with van der Waals surface area (Å²) < 4.78 is 16.6. The molecule has 0 radical (unpaired) electrons. The number of carbonyl (C=O) groups is 1. The quantitative estimate of drug-likeness (QED) is 0.839. The SMILES string of the molecule is CCOc1ccc(C(=O)N2CCOCC2(C)C)cc1OCC. The van der Waals surface area contributed by atoms with Crippen molar-refractivity contribution in [3.8, 4) is 11.5 Å². The monoisotopic (exact) mass is 307 g/mol. The molecule has 1 amide bonds. The van der Waals surface area contributed by atoms with Gasteiger partial charge in [-0.25, -0.2) is 0 Å². The smallest absolute Gasteiger partial charge is 0.254 e. The third-order valence-electron chi connectivity index (χ3n) is 3.68. The molecule has 0 atom stereocenters. The van der Waals surface area contributed by atoms with Crippen LogP contribution in [-0.4, -0.2) is 49.3 Å². The molecule has 0 saturated carbocycles. The number of ether oxygens (including phenoxy) is 3. The number of hydrogen-bond acceptors (Lipinski definition) is 4. The molecule has 1 aromatic carbocycles. The van der Waals surface area contributed by atoms with Crippen LogP contribution in [-0.2, 0) is 4.74 Å². The minimum atomic E-state index is -0.306. The van der Waals surface area contributed by atoms with Crippen molar-refractivity contribution in [2.75, 3.05) is 33.0 Å². The molecule has 1 fully saturated rings. The van der Waals surface area contributed by atoms with Crippen LogP contribution in [0.15, 0.2) is 18.2 Å². The Labute approximate surface area is 132 Å². The lowest BCUT2D eigenvalue weighted by molar-refractivity contribution is -0.0370. The summed E-state index contributed by atoms with van der Waals surface area (Å²) in [5.41, 5.74) is 0.307. The highest BCUT2D eigenvalue weighted by Gasteiger charge is 2.34. The Kier molecular flexibility index (Phi) is 5.29. The molecule has 1 aliphatic heterocycles. The van der Waals surface area contributed by atoms with E-state index in [0.29, 0.717) is 50.0 Å². The maximum Gasteiger partial charge on any atom is 0.254 e. The number of hydrogen-bond donors (Lipinski definition) is 0. The van der Waals surface area contributed by atoms with E-state index < -0.39 is 0 Å². The molecule has 5 nitrogen and oxygen atoms in total. The van der Waals surface area contributed by atoms with Crippen LogP contribution in [0, 0.1) is 0 Å². The second kappa shape index (κ2) is 7.01. The fraction of sp³-hybridized carbons (Fsp3) is 0.588. The van der Waals surface area contributed by atoms with E-state index in [4.69, 9.17) is 14.2 Å². The Morgan fingerprint density at radius 1 is 1.23 bits per heavy atom. The average molecular weight is 307 g/mol. The van der Waals surface area contributed by atoms with Crippen LogP contribution in [0.2, 0.25) is 0 Å². The van der Waals surface area contributed by atoms with Crippen LogP contribution in [0.4, 0.5) is 0 Å². The fourth-order valence-corrected chi connectivity index (χ4v) is 2.57. The standard InChI is InChI=1S/C17H25NO4/c1-5-21-14-8-7-13(11-15(14)22-6-2)16(19)18-9-10-20-12-17(18,3)4/h7-8,11H,5-6,9-10,12H2,1-4H3. The second-order valence-corrected chi connectivity index (χ2v) is 5.85. The number of nitrogens with zero attached hydrogens (tertiary/aromatic N) is 1. The van der Waals surface area contributed by atoms with Gasteiger partial charge in [-0.2, -0.15) is 0 Å². The summed E-state index contributed by atoms with van der Waals surface area (Å²) in [6.45, 7) is 10.7. The molecule has 0 unspecified atom stereocenters. The minimum absolute atomic E-state index is 0.00250. The summed E-state index contributed by atoms with van der Waals surface area (Å²) in [6.07, 6.45) is 0. The molecular formula is C17H25NO4. The van der Waals surface area contributed by atoms with Gasteiger partial charge in [-0.3, -0.25) is 4.79 Å². The van der Waals surface area contributed by atoms with Crippen LogP contribution in [0.3, 0.4) is 0 Å². The van der Waals surface area contributed by atoms with E-state index in [1.165, 1.54) is 0 Å². The molecule has 122 valence electrons. The normalized spacial score (nSPS) is 17.2. The molecule has 22 heavy (non-hydrogen) atoms. The predicted molar refractivity (Wildman–Crippen MR) is 84.7 cm³/mol. The zero-order valence-electron chi connectivity index (χ0n) is 13.8. The summed E-state index contributed by atoms with van der Waals surface area (Å²) in [7, 11) is 0. The molecule has 2 rings (SSSR count). The van der Waals surface area contributed by atoms with Crippen LogP contribution in [0.25, 0.3) is 0 Å². The first-order chi connectivity index (χ1) is 10.5. The first kappa shape index (κ1) is 16.6. The molecule has 0 aromatic heterocycles.